The van der Waals surface area contributed by atoms with Gasteiger partial charge in [0.1, 0.15) is 0 Å². The van der Waals surface area contributed by atoms with Crippen molar-refractivity contribution in [1.82, 2.24) is 5.32 Å². The number of ether oxygens (including phenoxy) is 1. The van der Waals surface area contributed by atoms with Crippen LogP contribution in [0.15, 0.2) is 0 Å². The molecule has 1 aliphatic rings. The Balaban J connectivity index is 0.00000361. The third kappa shape index (κ3) is 5.67. The lowest BCUT2D eigenvalue weighted by Gasteiger charge is -2.29. The number of hydrogen-bond donors (Lipinski definition) is 2. The smallest absolute Gasteiger partial charge is 0.310 e. The van der Waals surface area contributed by atoms with Gasteiger partial charge in [-0.25, -0.2) is 0 Å². The summed E-state index contributed by atoms with van der Waals surface area (Å²) in [5, 5.41) is 2.98. The molecule has 1 saturated carbocycles. The molecule has 1 aliphatic carbocycles. The number of carbonyl (C=O) groups excluding carboxylic acids is 2. The molecule has 3 N–H and O–H groups in total. The van der Waals surface area contributed by atoms with Crippen LogP contribution in [-0.2, 0) is 14.3 Å². The number of carbonyl (C=O) groups is 2. The van der Waals surface area contributed by atoms with Gasteiger partial charge in [0.05, 0.1) is 13.0 Å². The van der Waals surface area contributed by atoms with E-state index in [1.165, 1.54) is 7.11 Å². The SMILES string of the molecule is COC(=O)C1CCCCCCC1NC(=O)C(C)CN.Cl. The highest BCUT2D eigenvalue weighted by Crippen LogP contribution is 2.24. The highest BCUT2D eigenvalue weighted by molar-refractivity contribution is 5.85. The predicted molar refractivity (Wildman–Crippen MR) is 80.6 cm³/mol. The van der Waals surface area contributed by atoms with E-state index in [9.17, 15) is 9.59 Å². The summed E-state index contributed by atoms with van der Waals surface area (Å²) in [5.41, 5.74) is 5.50. The first-order valence-corrected chi connectivity index (χ1v) is 7.18. The van der Waals surface area contributed by atoms with Gasteiger partial charge in [0.25, 0.3) is 0 Å². The third-order valence-corrected chi connectivity index (χ3v) is 3.90. The monoisotopic (exact) mass is 306 g/mol. The number of rotatable bonds is 4. The molecule has 0 saturated heterocycles. The Kier molecular flexibility index (Phi) is 9.59. The minimum absolute atomic E-state index is 0. The first-order chi connectivity index (χ1) is 9.10. The molecule has 3 atom stereocenters. The average Bonchev–Trinajstić information content (AvgIpc) is 2.40. The molecule has 0 radical (unpaired) electrons. The fourth-order valence-corrected chi connectivity index (χ4v) is 2.52. The molecular weight excluding hydrogens is 280 g/mol. The Morgan fingerprint density at radius 3 is 2.40 bits per heavy atom. The minimum Gasteiger partial charge on any atom is -0.469 e. The molecule has 0 bridgehead atoms. The van der Waals surface area contributed by atoms with Crippen molar-refractivity contribution in [3.8, 4) is 0 Å². The minimum atomic E-state index is -0.223. The lowest BCUT2D eigenvalue weighted by atomic mass is 9.86. The first-order valence-electron chi connectivity index (χ1n) is 7.18. The molecule has 1 fully saturated rings. The summed E-state index contributed by atoms with van der Waals surface area (Å²) in [4.78, 5) is 23.8. The van der Waals surface area contributed by atoms with Crippen LogP contribution < -0.4 is 11.1 Å². The summed E-state index contributed by atoms with van der Waals surface area (Å²) in [7, 11) is 1.41. The maximum atomic E-state index is 12.0. The largest absolute Gasteiger partial charge is 0.469 e. The van der Waals surface area contributed by atoms with E-state index in [0.717, 1.165) is 38.5 Å². The van der Waals surface area contributed by atoms with Crippen molar-refractivity contribution < 1.29 is 14.3 Å². The third-order valence-electron chi connectivity index (χ3n) is 3.90. The van der Waals surface area contributed by atoms with E-state index in [0.29, 0.717) is 6.54 Å². The zero-order chi connectivity index (χ0) is 14.3. The number of nitrogens with two attached hydrogens (primary N) is 1. The number of methoxy groups -OCH3 is 1. The molecule has 1 rings (SSSR count). The Morgan fingerprint density at radius 1 is 1.25 bits per heavy atom. The van der Waals surface area contributed by atoms with Crippen molar-refractivity contribution in [3.05, 3.63) is 0 Å². The predicted octanol–water partition coefficient (Wildman–Crippen LogP) is 1.63. The second-order valence-electron chi connectivity index (χ2n) is 5.37. The van der Waals surface area contributed by atoms with E-state index >= 15 is 0 Å². The molecule has 0 aliphatic heterocycles. The molecule has 118 valence electrons. The molecule has 6 heteroatoms. The van der Waals surface area contributed by atoms with Crippen LogP contribution in [-0.4, -0.2) is 31.6 Å². The van der Waals surface area contributed by atoms with Crippen molar-refractivity contribution in [2.75, 3.05) is 13.7 Å². The normalized spacial score (nSPS) is 24.6. The van der Waals surface area contributed by atoms with Gasteiger partial charge in [-0.3, -0.25) is 9.59 Å². The summed E-state index contributed by atoms with van der Waals surface area (Å²) >= 11 is 0. The Labute approximate surface area is 127 Å². The van der Waals surface area contributed by atoms with Gasteiger partial charge in [-0.1, -0.05) is 32.6 Å². The van der Waals surface area contributed by atoms with E-state index < -0.39 is 0 Å². The van der Waals surface area contributed by atoms with Crippen LogP contribution in [0, 0.1) is 11.8 Å². The van der Waals surface area contributed by atoms with Gasteiger partial charge in [-0.05, 0) is 12.8 Å². The highest BCUT2D eigenvalue weighted by Gasteiger charge is 2.31. The summed E-state index contributed by atoms with van der Waals surface area (Å²) in [6, 6.07) is -0.116. The number of halogens is 1. The van der Waals surface area contributed by atoms with Gasteiger partial charge in [0.2, 0.25) is 5.91 Å². The maximum Gasteiger partial charge on any atom is 0.310 e. The molecule has 1 amide bonds. The number of amides is 1. The fourth-order valence-electron chi connectivity index (χ4n) is 2.52. The van der Waals surface area contributed by atoms with Crippen LogP contribution in [0.5, 0.6) is 0 Å². The molecule has 0 aromatic carbocycles. The van der Waals surface area contributed by atoms with Gasteiger partial charge in [0.15, 0.2) is 0 Å². The first kappa shape index (κ1) is 19.2. The van der Waals surface area contributed by atoms with E-state index in [4.69, 9.17) is 10.5 Å². The summed E-state index contributed by atoms with van der Waals surface area (Å²) in [6.45, 7) is 2.12. The van der Waals surface area contributed by atoms with E-state index in [-0.39, 0.29) is 42.2 Å². The van der Waals surface area contributed by atoms with Gasteiger partial charge >= 0.3 is 5.97 Å². The molecule has 0 aromatic heterocycles. The van der Waals surface area contributed by atoms with Gasteiger partial charge in [-0.15, -0.1) is 12.4 Å². The number of hydrogen-bond acceptors (Lipinski definition) is 4. The second-order valence-corrected chi connectivity index (χ2v) is 5.37. The van der Waals surface area contributed by atoms with Gasteiger partial charge < -0.3 is 15.8 Å². The standard InChI is InChI=1S/C14H26N2O3.ClH/c1-10(9-15)13(17)16-12-8-6-4-3-5-7-11(12)14(18)19-2;/h10-12H,3-9,15H2,1-2H3,(H,16,17);1H. The van der Waals surface area contributed by atoms with Gasteiger partial charge in [-0.2, -0.15) is 0 Å². The molecule has 0 aromatic rings. The maximum absolute atomic E-state index is 12.0. The summed E-state index contributed by atoms with van der Waals surface area (Å²) < 4.78 is 4.87. The van der Waals surface area contributed by atoms with Crippen molar-refractivity contribution in [2.45, 2.75) is 51.5 Å². The quantitative estimate of drug-likeness (QED) is 0.774. The van der Waals surface area contributed by atoms with Crippen molar-refractivity contribution >= 4 is 24.3 Å². The van der Waals surface area contributed by atoms with Crippen LogP contribution in [0.4, 0.5) is 0 Å². The molecule has 20 heavy (non-hydrogen) atoms. The van der Waals surface area contributed by atoms with Crippen molar-refractivity contribution in [3.63, 3.8) is 0 Å². The Morgan fingerprint density at radius 2 is 1.85 bits per heavy atom. The second kappa shape index (κ2) is 10.00. The zero-order valence-corrected chi connectivity index (χ0v) is 13.2. The average molecular weight is 307 g/mol. The zero-order valence-electron chi connectivity index (χ0n) is 12.4. The van der Waals surface area contributed by atoms with Crippen LogP contribution >= 0.6 is 12.4 Å². The molecule has 0 heterocycles. The van der Waals surface area contributed by atoms with Crippen LogP contribution in [0.2, 0.25) is 0 Å². The van der Waals surface area contributed by atoms with E-state index in [1.54, 1.807) is 6.92 Å². The molecule has 3 unspecified atom stereocenters. The van der Waals surface area contributed by atoms with Crippen LogP contribution in [0.1, 0.15) is 45.4 Å². The van der Waals surface area contributed by atoms with Crippen molar-refractivity contribution in [2.24, 2.45) is 17.6 Å². The number of esters is 1. The number of nitrogens with one attached hydrogen (secondary N) is 1. The fraction of sp³-hybridized carbons (Fsp3) is 0.857. The molecular formula is C14H27ClN2O3. The molecule has 0 spiro atoms. The van der Waals surface area contributed by atoms with Gasteiger partial charge in [0, 0.05) is 18.5 Å². The summed E-state index contributed by atoms with van der Waals surface area (Å²) in [6.07, 6.45) is 5.98. The Bertz CT molecular complexity index is 313. The lowest BCUT2D eigenvalue weighted by Crippen LogP contribution is -2.47. The van der Waals surface area contributed by atoms with E-state index in [2.05, 4.69) is 5.32 Å². The lowest BCUT2D eigenvalue weighted by molar-refractivity contribution is -0.147. The summed E-state index contributed by atoms with van der Waals surface area (Å²) in [5.74, 6) is -0.724. The Hall–Kier alpha value is -0.810. The molecule has 5 nitrogen and oxygen atoms in total. The van der Waals surface area contributed by atoms with Crippen molar-refractivity contribution in [1.29, 1.82) is 0 Å². The van der Waals surface area contributed by atoms with E-state index in [1.807, 2.05) is 0 Å². The highest BCUT2D eigenvalue weighted by atomic mass is 35.5. The topological polar surface area (TPSA) is 81.4 Å². The van der Waals surface area contributed by atoms with Crippen LogP contribution in [0.3, 0.4) is 0 Å². The van der Waals surface area contributed by atoms with Crippen LogP contribution in [0.25, 0.3) is 0 Å².